The number of urea groups is 1. The van der Waals surface area contributed by atoms with Gasteiger partial charge in [-0.2, -0.15) is 0 Å². The maximum absolute atomic E-state index is 12.8. The molecule has 2 rings (SSSR count). The zero-order valence-electron chi connectivity index (χ0n) is 31.9. The molecule has 0 spiro atoms. The van der Waals surface area contributed by atoms with E-state index >= 15 is 0 Å². The summed E-state index contributed by atoms with van der Waals surface area (Å²) >= 11 is 2.25. The number of hydrogen-bond donors (Lipinski definition) is 3. The van der Waals surface area contributed by atoms with Crippen molar-refractivity contribution in [3.63, 3.8) is 0 Å². The van der Waals surface area contributed by atoms with Crippen molar-refractivity contribution in [2.45, 2.75) is 136 Å². The van der Waals surface area contributed by atoms with Crippen LogP contribution in [0, 0.1) is 11.8 Å². The van der Waals surface area contributed by atoms with Crippen LogP contribution in [0.3, 0.4) is 0 Å². The van der Waals surface area contributed by atoms with Crippen molar-refractivity contribution >= 4 is 40.8 Å². The topological polar surface area (TPSA) is 139 Å². The maximum atomic E-state index is 12.8. The molecular weight excluding hydrogens is 755 g/mol. The number of halogens is 1. The van der Waals surface area contributed by atoms with E-state index in [1.165, 1.54) is 7.11 Å². The maximum Gasteiger partial charge on any atom is 0.328 e. The first-order valence-electron chi connectivity index (χ1n) is 18.3. The minimum atomic E-state index is -0.718. The summed E-state index contributed by atoms with van der Waals surface area (Å²) < 4.78 is 25.2. The normalized spacial score (nSPS) is 23.9. The first kappa shape index (κ1) is 44.4. The van der Waals surface area contributed by atoms with Gasteiger partial charge in [-0.1, -0.05) is 32.1 Å². The number of aliphatic hydroxyl groups is 1. The molecule has 2 aliphatic heterocycles. The number of ether oxygens (including phenoxy) is 4. The van der Waals surface area contributed by atoms with E-state index in [9.17, 15) is 19.5 Å². The number of amides is 3. The van der Waals surface area contributed by atoms with E-state index in [0.29, 0.717) is 51.2 Å². The summed E-state index contributed by atoms with van der Waals surface area (Å²) in [6.07, 6.45) is 9.64. The van der Waals surface area contributed by atoms with Gasteiger partial charge in [-0.3, -0.25) is 4.79 Å². The molecule has 2 heterocycles. The summed E-state index contributed by atoms with van der Waals surface area (Å²) in [5.41, 5.74) is 0.741. The number of hydrogen-bond acceptors (Lipinski definition) is 9. The molecule has 12 nitrogen and oxygen atoms in total. The SMILES string of the molecule is COC(=O)[C@@H](CCCCNC(=O)C[C@H]1CC[C@H](C)[C@@H](/C(C)=C/C=C/[C@@H](C)CC(C)(C)OC(C)[C@@H](OC)[C@@H](C)O)O1)NC(=O)N1CCN(I)CC1. The Balaban J connectivity index is 1.77. The van der Waals surface area contributed by atoms with Crippen LogP contribution in [0.1, 0.15) is 93.4 Å². The molecule has 0 aromatic rings. The summed E-state index contributed by atoms with van der Waals surface area (Å²) in [6, 6.07) is -0.967. The average Bonchev–Trinajstić information content (AvgIpc) is 3.04. The molecule has 50 heavy (non-hydrogen) atoms. The standard InChI is InChI=1S/C37H65IN4O8/c1-25(24-37(6,7)50-29(5)34(47-8)28(4)43)13-12-14-26(2)33-27(3)16-17-30(49-33)23-32(44)39-18-11-10-15-31(35(45)48-9)40-36(46)41-19-21-42(38)22-20-41/h12-14,25,27-31,33-34,43H,10-11,15-24H2,1-9H3,(H,39,44)(H,40,46)/b13-12+,26-14+/t25-,27+,28-,29?,30-,31-,33-,34+/m1/s1. The van der Waals surface area contributed by atoms with E-state index in [0.717, 1.165) is 37.9 Å². The minimum absolute atomic E-state index is 0.0460. The highest BCUT2D eigenvalue weighted by molar-refractivity contribution is 14.1. The fourth-order valence-corrected chi connectivity index (χ4v) is 7.38. The minimum Gasteiger partial charge on any atom is -0.467 e. The molecule has 8 atom stereocenters. The molecule has 288 valence electrons. The zero-order chi connectivity index (χ0) is 37.4. The Hall–Kier alpha value is -1.78. The summed E-state index contributed by atoms with van der Waals surface area (Å²) in [6.45, 7) is 17.5. The number of nitrogens with zero attached hydrogens (tertiary/aromatic N) is 2. The van der Waals surface area contributed by atoms with Crippen molar-refractivity contribution in [1.82, 2.24) is 18.6 Å². The molecule has 0 radical (unpaired) electrons. The quantitative estimate of drug-likeness (QED) is 0.0530. The first-order valence-corrected chi connectivity index (χ1v) is 19.2. The van der Waals surface area contributed by atoms with Gasteiger partial charge in [0.25, 0.3) is 0 Å². The van der Waals surface area contributed by atoms with Crippen LogP contribution in [0.25, 0.3) is 0 Å². The summed E-state index contributed by atoms with van der Waals surface area (Å²) in [7, 11) is 2.91. The van der Waals surface area contributed by atoms with Crippen LogP contribution in [0.15, 0.2) is 23.8 Å². The number of nitrogens with one attached hydrogen (secondary N) is 2. The fourth-order valence-electron chi connectivity index (χ4n) is 6.95. The van der Waals surface area contributed by atoms with Gasteiger partial charge in [-0.15, -0.1) is 0 Å². The molecule has 3 amide bonds. The lowest BCUT2D eigenvalue weighted by Crippen LogP contribution is -2.53. The number of esters is 1. The van der Waals surface area contributed by atoms with E-state index < -0.39 is 23.7 Å². The zero-order valence-corrected chi connectivity index (χ0v) is 34.1. The number of aliphatic hydroxyl groups excluding tert-OH is 1. The van der Waals surface area contributed by atoms with E-state index in [1.807, 2.05) is 6.92 Å². The highest BCUT2D eigenvalue weighted by Crippen LogP contribution is 2.31. The number of carbonyl (C=O) groups excluding carboxylic acids is 3. The molecule has 0 aromatic carbocycles. The average molecular weight is 821 g/mol. The summed E-state index contributed by atoms with van der Waals surface area (Å²) in [5.74, 6) is 0.112. The number of allylic oxidation sites excluding steroid dienone is 3. The van der Waals surface area contributed by atoms with Gasteiger partial charge in [0.15, 0.2) is 0 Å². The smallest absolute Gasteiger partial charge is 0.328 e. The summed E-state index contributed by atoms with van der Waals surface area (Å²) in [5, 5.41) is 15.8. The van der Waals surface area contributed by atoms with Gasteiger partial charge >= 0.3 is 12.0 Å². The highest BCUT2D eigenvalue weighted by atomic mass is 127. The third-order valence-electron chi connectivity index (χ3n) is 9.53. The third kappa shape index (κ3) is 15.9. The molecule has 2 saturated heterocycles. The van der Waals surface area contributed by atoms with Gasteiger partial charge in [0.05, 0.1) is 43.5 Å². The number of piperazine rings is 1. The number of methoxy groups -OCH3 is 2. The Kier molecular flexibility index (Phi) is 19.8. The lowest BCUT2D eigenvalue weighted by Gasteiger charge is -2.35. The van der Waals surface area contributed by atoms with Crippen LogP contribution in [0.2, 0.25) is 0 Å². The Morgan fingerprint density at radius 1 is 1.08 bits per heavy atom. The molecule has 0 aliphatic carbocycles. The van der Waals surface area contributed by atoms with Crippen LogP contribution in [0.5, 0.6) is 0 Å². The van der Waals surface area contributed by atoms with Crippen LogP contribution in [0.4, 0.5) is 4.79 Å². The fraction of sp³-hybridized carbons (Fsp3) is 0.811. The molecule has 0 bridgehead atoms. The van der Waals surface area contributed by atoms with E-state index in [2.05, 4.69) is 89.5 Å². The first-order chi connectivity index (χ1) is 23.6. The van der Waals surface area contributed by atoms with E-state index in [1.54, 1.807) is 18.9 Å². The Morgan fingerprint density at radius 3 is 2.38 bits per heavy atom. The second-order valence-corrected chi connectivity index (χ2v) is 16.1. The third-order valence-corrected chi connectivity index (χ3v) is 10.5. The van der Waals surface area contributed by atoms with Gasteiger partial charge in [0, 0.05) is 62.7 Å². The predicted octanol–water partition coefficient (Wildman–Crippen LogP) is 5.17. The largest absolute Gasteiger partial charge is 0.467 e. The van der Waals surface area contributed by atoms with Gasteiger partial charge in [-0.05, 0) is 90.6 Å². The number of unbranched alkanes of at least 4 members (excludes halogenated alkanes) is 1. The van der Waals surface area contributed by atoms with Crippen molar-refractivity contribution < 1.29 is 38.4 Å². The van der Waals surface area contributed by atoms with Crippen LogP contribution in [-0.2, 0) is 28.5 Å². The van der Waals surface area contributed by atoms with Crippen LogP contribution < -0.4 is 10.6 Å². The van der Waals surface area contributed by atoms with Crippen molar-refractivity contribution in [2.75, 3.05) is 46.9 Å². The van der Waals surface area contributed by atoms with Gasteiger partial charge in [-0.25, -0.2) is 12.7 Å². The number of rotatable bonds is 19. The van der Waals surface area contributed by atoms with Gasteiger partial charge < -0.3 is 39.6 Å². The van der Waals surface area contributed by atoms with Gasteiger partial charge in [0.1, 0.15) is 12.1 Å². The van der Waals surface area contributed by atoms with Crippen LogP contribution >= 0.6 is 22.9 Å². The molecule has 0 saturated carbocycles. The molecule has 2 aliphatic rings. The second kappa shape index (κ2) is 22.3. The predicted molar refractivity (Wildman–Crippen MR) is 204 cm³/mol. The van der Waals surface area contributed by atoms with Crippen molar-refractivity contribution in [3.05, 3.63) is 23.8 Å². The van der Waals surface area contributed by atoms with Crippen molar-refractivity contribution in [1.29, 1.82) is 0 Å². The summed E-state index contributed by atoms with van der Waals surface area (Å²) in [4.78, 5) is 39.5. The Labute approximate surface area is 314 Å². The molecule has 13 heteroatoms. The van der Waals surface area contributed by atoms with Crippen molar-refractivity contribution in [2.24, 2.45) is 11.8 Å². The van der Waals surface area contributed by atoms with Crippen LogP contribution in [-0.4, -0.2) is 120 Å². The van der Waals surface area contributed by atoms with E-state index in [4.69, 9.17) is 18.9 Å². The van der Waals surface area contributed by atoms with Crippen molar-refractivity contribution in [3.8, 4) is 0 Å². The molecule has 0 aromatic heterocycles. The van der Waals surface area contributed by atoms with E-state index in [-0.39, 0.29) is 42.3 Å². The lowest BCUT2D eigenvalue weighted by molar-refractivity contribution is -0.149. The van der Waals surface area contributed by atoms with Gasteiger partial charge in [0.2, 0.25) is 5.91 Å². The number of carbonyl (C=O) groups is 3. The molecule has 1 unspecified atom stereocenters. The molecule has 3 N–H and O–H groups in total. The molecular formula is C37H65IN4O8. The Bertz CT molecular complexity index is 1110. The molecule has 2 fully saturated rings. The monoisotopic (exact) mass is 820 g/mol. The highest BCUT2D eigenvalue weighted by Gasteiger charge is 2.32. The second-order valence-electron chi connectivity index (χ2n) is 14.7. The lowest BCUT2D eigenvalue weighted by atomic mass is 9.88. The Morgan fingerprint density at radius 2 is 1.76 bits per heavy atom.